The van der Waals surface area contributed by atoms with Crippen LogP contribution in [0.25, 0.3) is 0 Å². The van der Waals surface area contributed by atoms with Crippen LogP contribution in [0.15, 0.2) is 0 Å². The Hall–Kier alpha value is -0.760. The molecule has 0 aromatic rings. The van der Waals surface area contributed by atoms with Gasteiger partial charge in [-0.3, -0.25) is 9.59 Å². The number of hydrogen-bond acceptors (Lipinski definition) is 5. The van der Waals surface area contributed by atoms with E-state index in [-0.39, 0.29) is 30.4 Å². The average molecular weight is 295 g/mol. The van der Waals surface area contributed by atoms with E-state index in [0.29, 0.717) is 12.2 Å². The Morgan fingerprint density at radius 3 is 2.67 bits per heavy atom. The molecule has 1 aliphatic heterocycles. The standard InChI is InChI=1S/C10H17NO5S2/c1-17-4-2-9(12)11-3-5-18(15,16)7-8(11)6-10(13)14/h8H,2-7H2,1H3,(H,13,14). The van der Waals surface area contributed by atoms with Crippen molar-refractivity contribution in [3.63, 3.8) is 0 Å². The molecule has 8 heteroatoms. The largest absolute Gasteiger partial charge is 0.481 e. The zero-order valence-electron chi connectivity index (χ0n) is 10.2. The molecule has 1 unspecified atom stereocenters. The number of hydrogen-bond donors (Lipinski definition) is 1. The minimum Gasteiger partial charge on any atom is -0.481 e. The predicted octanol–water partition coefficient (Wildman–Crippen LogP) is -0.160. The van der Waals surface area contributed by atoms with Crippen molar-refractivity contribution in [2.75, 3.05) is 30.1 Å². The topological polar surface area (TPSA) is 91.8 Å². The summed E-state index contributed by atoms with van der Waals surface area (Å²) < 4.78 is 23.0. The molecule has 1 fully saturated rings. The second-order valence-corrected chi connectivity index (χ2v) is 7.41. The lowest BCUT2D eigenvalue weighted by atomic mass is 10.2. The quantitative estimate of drug-likeness (QED) is 0.758. The lowest BCUT2D eigenvalue weighted by Crippen LogP contribution is -2.52. The van der Waals surface area contributed by atoms with E-state index in [9.17, 15) is 18.0 Å². The van der Waals surface area contributed by atoms with Gasteiger partial charge in [-0.25, -0.2) is 8.42 Å². The Balaban J connectivity index is 2.74. The number of carboxylic acid groups (broad SMARTS) is 1. The molecule has 1 rings (SSSR count). The Bertz CT molecular complexity index is 420. The van der Waals surface area contributed by atoms with E-state index in [1.54, 1.807) is 0 Å². The number of carbonyl (C=O) groups is 2. The smallest absolute Gasteiger partial charge is 0.305 e. The molecule has 0 aromatic heterocycles. The first-order chi connectivity index (χ1) is 8.35. The summed E-state index contributed by atoms with van der Waals surface area (Å²) in [4.78, 5) is 24.0. The van der Waals surface area contributed by atoms with Crippen LogP contribution in [-0.4, -0.2) is 66.4 Å². The zero-order valence-corrected chi connectivity index (χ0v) is 11.8. The van der Waals surface area contributed by atoms with E-state index in [0.717, 1.165) is 0 Å². The van der Waals surface area contributed by atoms with Gasteiger partial charge in [-0.2, -0.15) is 11.8 Å². The van der Waals surface area contributed by atoms with E-state index in [1.165, 1.54) is 16.7 Å². The third kappa shape index (κ3) is 4.49. The zero-order chi connectivity index (χ0) is 13.8. The molecule has 18 heavy (non-hydrogen) atoms. The number of aliphatic carboxylic acids is 1. The van der Waals surface area contributed by atoms with Crippen molar-refractivity contribution in [3.8, 4) is 0 Å². The van der Waals surface area contributed by atoms with Crippen LogP contribution in [0.2, 0.25) is 0 Å². The summed E-state index contributed by atoms with van der Waals surface area (Å²) in [5, 5.41) is 8.77. The Labute approximate surface area is 111 Å². The maximum absolute atomic E-state index is 11.9. The third-order valence-electron chi connectivity index (χ3n) is 2.78. The molecular weight excluding hydrogens is 278 g/mol. The van der Waals surface area contributed by atoms with Gasteiger partial charge in [-0.05, 0) is 6.26 Å². The molecule has 1 amide bonds. The summed E-state index contributed by atoms with van der Waals surface area (Å²) in [6.45, 7) is 0.105. The van der Waals surface area contributed by atoms with Crippen LogP contribution < -0.4 is 0 Å². The Kier molecular flexibility index (Phi) is 5.46. The second kappa shape index (κ2) is 6.42. The Morgan fingerprint density at radius 1 is 1.44 bits per heavy atom. The van der Waals surface area contributed by atoms with Gasteiger partial charge in [0.1, 0.15) is 0 Å². The molecule has 0 radical (unpaired) electrons. The van der Waals surface area contributed by atoms with Crippen LogP contribution in [0.1, 0.15) is 12.8 Å². The predicted molar refractivity (Wildman–Crippen MR) is 69.4 cm³/mol. The molecular formula is C10H17NO5S2. The summed E-state index contributed by atoms with van der Waals surface area (Å²) in [5.74, 6) is -0.911. The van der Waals surface area contributed by atoms with Crippen molar-refractivity contribution in [2.45, 2.75) is 18.9 Å². The van der Waals surface area contributed by atoms with Gasteiger partial charge in [-0.1, -0.05) is 0 Å². The molecule has 1 aliphatic rings. The SMILES string of the molecule is CSCCC(=O)N1CCS(=O)(=O)CC1CC(=O)O. The van der Waals surface area contributed by atoms with Crippen LogP contribution in [0, 0.1) is 0 Å². The highest BCUT2D eigenvalue weighted by molar-refractivity contribution is 7.98. The fourth-order valence-corrected chi connectivity index (χ4v) is 3.82. The van der Waals surface area contributed by atoms with Gasteiger partial charge in [0, 0.05) is 18.7 Å². The van der Waals surface area contributed by atoms with E-state index < -0.39 is 21.8 Å². The van der Waals surface area contributed by atoms with Crippen LogP contribution in [0.3, 0.4) is 0 Å². The number of rotatable bonds is 5. The van der Waals surface area contributed by atoms with Crippen molar-refractivity contribution in [3.05, 3.63) is 0 Å². The van der Waals surface area contributed by atoms with Crippen molar-refractivity contribution >= 4 is 33.5 Å². The maximum atomic E-state index is 11.9. The molecule has 104 valence electrons. The highest BCUT2D eigenvalue weighted by Gasteiger charge is 2.34. The summed E-state index contributed by atoms with van der Waals surface area (Å²) in [6.07, 6.45) is 1.88. The van der Waals surface area contributed by atoms with Gasteiger partial charge in [0.2, 0.25) is 5.91 Å². The van der Waals surface area contributed by atoms with Crippen molar-refractivity contribution < 1.29 is 23.1 Å². The third-order valence-corrected chi connectivity index (χ3v) is 5.09. The number of carbonyl (C=O) groups excluding carboxylic acids is 1. The first-order valence-electron chi connectivity index (χ1n) is 5.56. The van der Waals surface area contributed by atoms with Crippen LogP contribution in [0.4, 0.5) is 0 Å². The molecule has 0 aliphatic carbocycles. The lowest BCUT2D eigenvalue weighted by molar-refractivity contribution is -0.140. The van der Waals surface area contributed by atoms with Crippen LogP contribution in [-0.2, 0) is 19.4 Å². The fourth-order valence-electron chi connectivity index (χ4n) is 1.92. The Morgan fingerprint density at radius 2 is 2.11 bits per heavy atom. The fraction of sp³-hybridized carbons (Fsp3) is 0.800. The van der Waals surface area contributed by atoms with Crippen LogP contribution in [0.5, 0.6) is 0 Å². The molecule has 1 N–H and O–H groups in total. The monoisotopic (exact) mass is 295 g/mol. The number of sulfone groups is 1. The second-order valence-electron chi connectivity index (χ2n) is 4.20. The number of amides is 1. The number of nitrogens with zero attached hydrogens (tertiary/aromatic N) is 1. The van der Waals surface area contributed by atoms with Crippen molar-refractivity contribution in [2.24, 2.45) is 0 Å². The van der Waals surface area contributed by atoms with E-state index in [4.69, 9.17) is 5.11 Å². The van der Waals surface area contributed by atoms with Crippen LogP contribution >= 0.6 is 11.8 Å². The van der Waals surface area contributed by atoms with Crippen molar-refractivity contribution in [1.29, 1.82) is 0 Å². The molecule has 1 heterocycles. The molecule has 0 saturated carbocycles. The lowest BCUT2D eigenvalue weighted by Gasteiger charge is -2.34. The van der Waals surface area contributed by atoms with E-state index >= 15 is 0 Å². The maximum Gasteiger partial charge on any atom is 0.305 e. The summed E-state index contributed by atoms with van der Waals surface area (Å²) in [6, 6.07) is -0.726. The minimum atomic E-state index is -3.23. The van der Waals surface area contributed by atoms with Gasteiger partial charge in [0.05, 0.1) is 24.0 Å². The average Bonchev–Trinajstić information content (AvgIpc) is 2.24. The van der Waals surface area contributed by atoms with E-state index in [1.807, 2.05) is 6.26 Å². The van der Waals surface area contributed by atoms with Gasteiger partial charge < -0.3 is 10.0 Å². The van der Waals surface area contributed by atoms with Gasteiger partial charge in [-0.15, -0.1) is 0 Å². The first-order valence-corrected chi connectivity index (χ1v) is 8.78. The van der Waals surface area contributed by atoms with Crippen molar-refractivity contribution in [1.82, 2.24) is 4.90 Å². The van der Waals surface area contributed by atoms with E-state index in [2.05, 4.69) is 0 Å². The molecule has 0 bridgehead atoms. The highest BCUT2D eigenvalue weighted by Crippen LogP contribution is 2.16. The highest BCUT2D eigenvalue weighted by atomic mass is 32.2. The minimum absolute atomic E-state index is 0.0753. The summed E-state index contributed by atoms with van der Waals surface area (Å²) >= 11 is 1.53. The van der Waals surface area contributed by atoms with Gasteiger partial charge >= 0.3 is 5.97 Å². The molecule has 0 aromatic carbocycles. The number of thioether (sulfide) groups is 1. The molecule has 6 nitrogen and oxygen atoms in total. The molecule has 0 spiro atoms. The van der Waals surface area contributed by atoms with Gasteiger partial charge in [0.25, 0.3) is 0 Å². The van der Waals surface area contributed by atoms with Gasteiger partial charge in [0.15, 0.2) is 9.84 Å². The first kappa shape index (κ1) is 15.3. The summed E-state index contributed by atoms with van der Waals surface area (Å²) in [5.41, 5.74) is 0. The normalized spacial score (nSPS) is 22.7. The summed E-state index contributed by atoms with van der Waals surface area (Å²) in [7, 11) is -3.23. The number of carboxylic acids is 1. The molecule has 1 atom stereocenters. The molecule has 1 saturated heterocycles.